The summed E-state index contributed by atoms with van der Waals surface area (Å²) in [5.41, 5.74) is 4.61. The third-order valence-corrected chi connectivity index (χ3v) is 2.94. The van der Waals surface area contributed by atoms with Crippen LogP contribution in [0.15, 0.2) is 40.9 Å². The Labute approximate surface area is 120 Å². The number of benzene rings is 2. The molecule has 2 nitrogen and oxygen atoms in total. The fraction of sp³-hybridized carbons (Fsp3) is 0.0769. The van der Waals surface area contributed by atoms with Crippen LogP contribution in [-0.2, 0) is 6.18 Å². The number of ether oxygens (including phenoxy) is 1. The molecule has 0 fully saturated rings. The Bertz CT molecular complexity index is 643. The summed E-state index contributed by atoms with van der Waals surface area (Å²) >= 11 is 2.96. The van der Waals surface area contributed by atoms with Crippen LogP contribution >= 0.6 is 15.9 Å². The Hall–Kier alpha value is -1.76. The lowest BCUT2D eigenvalue weighted by atomic mass is 10.2. The predicted molar refractivity (Wildman–Crippen MR) is 70.0 cm³/mol. The van der Waals surface area contributed by atoms with E-state index in [9.17, 15) is 17.6 Å². The van der Waals surface area contributed by atoms with Crippen molar-refractivity contribution in [3.63, 3.8) is 0 Å². The average Bonchev–Trinajstić information content (AvgIpc) is 2.34. The van der Waals surface area contributed by atoms with Crippen LogP contribution in [0, 0.1) is 5.82 Å². The molecule has 106 valence electrons. The van der Waals surface area contributed by atoms with Gasteiger partial charge >= 0.3 is 6.18 Å². The number of rotatable bonds is 2. The molecule has 7 heteroatoms. The van der Waals surface area contributed by atoms with Crippen molar-refractivity contribution in [3.8, 4) is 11.5 Å². The molecule has 0 atom stereocenters. The van der Waals surface area contributed by atoms with Crippen molar-refractivity contribution in [1.82, 2.24) is 0 Å². The highest BCUT2D eigenvalue weighted by Gasteiger charge is 2.35. The molecule has 2 rings (SSSR count). The predicted octanol–water partition coefficient (Wildman–Crippen LogP) is 4.98. The van der Waals surface area contributed by atoms with Gasteiger partial charge in [0.05, 0.1) is 11.3 Å². The van der Waals surface area contributed by atoms with E-state index < -0.39 is 23.3 Å². The third kappa shape index (κ3) is 3.22. The van der Waals surface area contributed by atoms with Gasteiger partial charge in [-0.3, -0.25) is 0 Å². The van der Waals surface area contributed by atoms with Crippen LogP contribution in [0.5, 0.6) is 11.5 Å². The Morgan fingerprint density at radius 3 is 2.35 bits per heavy atom. The van der Waals surface area contributed by atoms with E-state index in [-0.39, 0.29) is 15.9 Å². The summed E-state index contributed by atoms with van der Waals surface area (Å²) in [5, 5.41) is 0. The van der Waals surface area contributed by atoms with Gasteiger partial charge in [-0.15, -0.1) is 0 Å². The molecule has 0 unspecified atom stereocenters. The molecule has 0 amide bonds. The molecule has 0 aromatic heterocycles. The second-order valence-electron chi connectivity index (χ2n) is 3.92. The van der Waals surface area contributed by atoms with Crippen molar-refractivity contribution in [3.05, 3.63) is 52.3 Å². The summed E-state index contributed by atoms with van der Waals surface area (Å²) in [6, 6.07) is 6.64. The first-order valence-corrected chi connectivity index (χ1v) is 6.16. The lowest BCUT2D eigenvalue weighted by Crippen LogP contribution is -2.07. The largest absolute Gasteiger partial charge is 0.454 e. The fourth-order valence-corrected chi connectivity index (χ4v) is 1.89. The second-order valence-corrected chi connectivity index (χ2v) is 4.84. The molecule has 0 aliphatic carbocycles. The number of hydrogen-bond donors (Lipinski definition) is 1. The van der Waals surface area contributed by atoms with Gasteiger partial charge in [0, 0.05) is 10.5 Å². The molecule has 2 N–H and O–H groups in total. The third-order valence-electron chi connectivity index (χ3n) is 2.44. The van der Waals surface area contributed by atoms with Crippen LogP contribution in [0.4, 0.5) is 23.2 Å². The second kappa shape index (κ2) is 5.32. The van der Waals surface area contributed by atoms with Gasteiger partial charge in [0.15, 0.2) is 5.75 Å². The van der Waals surface area contributed by atoms with Crippen molar-refractivity contribution in [2.24, 2.45) is 0 Å². The Morgan fingerprint density at radius 1 is 1.00 bits per heavy atom. The van der Waals surface area contributed by atoms with E-state index in [0.717, 1.165) is 24.3 Å². The molecule has 0 spiro atoms. The summed E-state index contributed by atoms with van der Waals surface area (Å²) in [4.78, 5) is 0. The molecule has 0 radical (unpaired) electrons. The fourth-order valence-electron chi connectivity index (χ4n) is 1.53. The van der Waals surface area contributed by atoms with E-state index in [2.05, 4.69) is 15.9 Å². The van der Waals surface area contributed by atoms with Gasteiger partial charge in [0.1, 0.15) is 11.6 Å². The minimum Gasteiger partial charge on any atom is -0.454 e. The normalized spacial score (nSPS) is 11.4. The summed E-state index contributed by atoms with van der Waals surface area (Å²) in [6.45, 7) is 0. The standard InChI is InChI=1S/C13H8BrF4NO/c14-7-1-4-11(9(5-7)13(16,17)18)20-12-6-8(15)2-3-10(12)19/h1-6H,19H2. The van der Waals surface area contributed by atoms with Crippen molar-refractivity contribution >= 4 is 21.6 Å². The van der Waals surface area contributed by atoms with Gasteiger partial charge in [-0.05, 0) is 30.3 Å². The molecular formula is C13H8BrF4NO. The van der Waals surface area contributed by atoms with Gasteiger partial charge in [-0.1, -0.05) is 15.9 Å². The Morgan fingerprint density at radius 2 is 1.70 bits per heavy atom. The van der Waals surface area contributed by atoms with Crippen molar-refractivity contribution in [2.45, 2.75) is 6.18 Å². The van der Waals surface area contributed by atoms with E-state index in [4.69, 9.17) is 10.5 Å². The zero-order valence-electron chi connectivity index (χ0n) is 9.84. The first-order chi connectivity index (χ1) is 9.27. The highest BCUT2D eigenvalue weighted by Crippen LogP contribution is 2.40. The number of halogens is 5. The molecule has 0 saturated carbocycles. The van der Waals surface area contributed by atoms with Crippen LogP contribution in [0.3, 0.4) is 0 Å². The Kier molecular flexibility index (Phi) is 3.89. The maximum Gasteiger partial charge on any atom is 0.420 e. The highest BCUT2D eigenvalue weighted by atomic mass is 79.9. The zero-order valence-corrected chi connectivity index (χ0v) is 11.4. The molecule has 20 heavy (non-hydrogen) atoms. The molecular weight excluding hydrogens is 342 g/mol. The van der Waals surface area contributed by atoms with Crippen LogP contribution in [0.25, 0.3) is 0 Å². The minimum atomic E-state index is -4.60. The van der Waals surface area contributed by atoms with E-state index in [1.165, 1.54) is 12.1 Å². The molecule has 0 heterocycles. The molecule has 2 aromatic carbocycles. The van der Waals surface area contributed by atoms with E-state index in [1.54, 1.807) is 0 Å². The quantitative estimate of drug-likeness (QED) is 0.612. The molecule has 0 saturated heterocycles. The molecule has 0 aliphatic heterocycles. The van der Waals surface area contributed by atoms with Gasteiger partial charge in [0.25, 0.3) is 0 Å². The van der Waals surface area contributed by atoms with E-state index in [1.807, 2.05) is 0 Å². The van der Waals surface area contributed by atoms with Gasteiger partial charge in [0.2, 0.25) is 0 Å². The number of nitrogen functional groups attached to an aromatic ring is 1. The van der Waals surface area contributed by atoms with Crippen LogP contribution in [-0.4, -0.2) is 0 Å². The summed E-state index contributed by atoms with van der Waals surface area (Å²) in [5.74, 6) is -1.27. The zero-order chi connectivity index (χ0) is 14.9. The van der Waals surface area contributed by atoms with Crippen molar-refractivity contribution < 1.29 is 22.3 Å². The topological polar surface area (TPSA) is 35.2 Å². The van der Waals surface area contributed by atoms with Gasteiger partial charge in [-0.2, -0.15) is 13.2 Å². The van der Waals surface area contributed by atoms with Crippen molar-refractivity contribution in [2.75, 3.05) is 5.73 Å². The van der Waals surface area contributed by atoms with Crippen molar-refractivity contribution in [1.29, 1.82) is 0 Å². The number of hydrogen-bond acceptors (Lipinski definition) is 2. The summed E-state index contributed by atoms with van der Waals surface area (Å²) in [7, 11) is 0. The van der Waals surface area contributed by atoms with E-state index >= 15 is 0 Å². The summed E-state index contributed by atoms with van der Waals surface area (Å²) in [6.07, 6.45) is -4.60. The highest BCUT2D eigenvalue weighted by molar-refractivity contribution is 9.10. The van der Waals surface area contributed by atoms with Gasteiger partial charge < -0.3 is 10.5 Å². The number of anilines is 1. The summed E-state index contributed by atoms with van der Waals surface area (Å²) < 4.78 is 57.1. The minimum absolute atomic E-state index is 0.0439. The molecule has 0 bridgehead atoms. The van der Waals surface area contributed by atoms with Crippen LogP contribution in [0.1, 0.15) is 5.56 Å². The monoisotopic (exact) mass is 349 g/mol. The SMILES string of the molecule is Nc1ccc(F)cc1Oc1ccc(Br)cc1C(F)(F)F. The lowest BCUT2D eigenvalue weighted by Gasteiger charge is -2.15. The average molecular weight is 350 g/mol. The molecule has 2 aromatic rings. The first kappa shape index (κ1) is 14.6. The lowest BCUT2D eigenvalue weighted by molar-refractivity contribution is -0.138. The maximum atomic E-state index is 13.1. The smallest absolute Gasteiger partial charge is 0.420 e. The number of nitrogens with two attached hydrogens (primary N) is 1. The number of alkyl halides is 3. The van der Waals surface area contributed by atoms with Crippen LogP contribution < -0.4 is 10.5 Å². The van der Waals surface area contributed by atoms with E-state index in [0.29, 0.717) is 0 Å². The Balaban J connectivity index is 2.46. The van der Waals surface area contributed by atoms with Gasteiger partial charge in [-0.25, -0.2) is 4.39 Å². The maximum absolute atomic E-state index is 13.1. The first-order valence-electron chi connectivity index (χ1n) is 5.37. The molecule has 0 aliphatic rings. The van der Waals surface area contributed by atoms with Crippen LogP contribution in [0.2, 0.25) is 0 Å².